The van der Waals surface area contributed by atoms with Gasteiger partial charge in [-0.3, -0.25) is 9.36 Å². The highest BCUT2D eigenvalue weighted by molar-refractivity contribution is 9.10. The largest absolute Gasteiger partial charge is 0.416 e. The zero-order valence-electron chi connectivity index (χ0n) is 21.6. The second-order valence-corrected chi connectivity index (χ2v) is 10.1. The number of nitrogens with zero attached hydrogens (tertiary/aromatic N) is 4. The fourth-order valence-electron chi connectivity index (χ4n) is 4.66. The lowest BCUT2D eigenvalue weighted by molar-refractivity contribution is -0.137. The summed E-state index contributed by atoms with van der Waals surface area (Å²) >= 11 is 3.53. The minimum absolute atomic E-state index is 0.123. The number of halogens is 4. The Hall–Kier alpha value is -3.44. The number of nitrogens with two attached hydrogens (primary N) is 1. The summed E-state index contributed by atoms with van der Waals surface area (Å²) < 4.78 is 43.0. The van der Waals surface area contributed by atoms with Gasteiger partial charge >= 0.3 is 11.9 Å². The minimum Gasteiger partial charge on any atom is -0.330 e. The average Bonchev–Trinajstić information content (AvgIpc) is 3.21. The number of carbonyl (C=O) groups is 1. The molecular formula is C28H29BrF3N5O2. The van der Waals surface area contributed by atoms with Crippen molar-refractivity contribution in [3.8, 4) is 0 Å². The maximum Gasteiger partial charge on any atom is 0.416 e. The number of alkyl halides is 3. The van der Waals surface area contributed by atoms with Crippen LogP contribution in [0.25, 0.3) is 5.52 Å². The minimum atomic E-state index is -4.51. The first-order chi connectivity index (χ1) is 18.6. The number of rotatable bonds is 9. The second-order valence-electron chi connectivity index (χ2n) is 9.26. The summed E-state index contributed by atoms with van der Waals surface area (Å²) in [7, 11) is 0. The van der Waals surface area contributed by atoms with Crippen molar-refractivity contribution in [2.24, 2.45) is 5.73 Å². The molecule has 0 aliphatic rings. The Morgan fingerprint density at radius 3 is 2.38 bits per heavy atom. The third-order valence-corrected chi connectivity index (χ3v) is 7.62. The molecule has 2 heterocycles. The molecule has 0 radical (unpaired) electrons. The first-order valence-electron chi connectivity index (χ1n) is 12.6. The van der Waals surface area contributed by atoms with Gasteiger partial charge < -0.3 is 10.6 Å². The summed E-state index contributed by atoms with van der Waals surface area (Å²) in [5.41, 5.74) is 7.40. The summed E-state index contributed by atoms with van der Waals surface area (Å²) in [6.07, 6.45) is -3.58. The predicted molar refractivity (Wildman–Crippen MR) is 147 cm³/mol. The lowest BCUT2D eigenvalue weighted by Gasteiger charge is -2.33. The SMILES string of the molecule is CCC(c1cc2c(Br)c(C)nn2c(=O)n1Cc1ccccc1)N(CCCN)C(=O)c1ccc(C(F)(F)F)cc1. The molecule has 0 saturated heterocycles. The Kier molecular flexibility index (Phi) is 8.60. The molecule has 2 aromatic carbocycles. The molecule has 1 amide bonds. The molecule has 206 valence electrons. The van der Waals surface area contributed by atoms with Crippen molar-refractivity contribution in [3.63, 3.8) is 0 Å². The third-order valence-electron chi connectivity index (χ3n) is 6.64. The van der Waals surface area contributed by atoms with Crippen LogP contribution >= 0.6 is 15.9 Å². The zero-order valence-corrected chi connectivity index (χ0v) is 23.2. The molecule has 0 bridgehead atoms. The second kappa shape index (κ2) is 11.7. The molecule has 0 aliphatic heterocycles. The molecule has 1 unspecified atom stereocenters. The zero-order chi connectivity index (χ0) is 28.3. The van der Waals surface area contributed by atoms with Crippen LogP contribution in [0.2, 0.25) is 0 Å². The fourth-order valence-corrected chi connectivity index (χ4v) is 5.02. The highest BCUT2D eigenvalue weighted by atomic mass is 79.9. The highest BCUT2D eigenvalue weighted by Crippen LogP contribution is 2.32. The van der Waals surface area contributed by atoms with Gasteiger partial charge in [0.25, 0.3) is 5.91 Å². The van der Waals surface area contributed by atoms with E-state index in [9.17, 15) is 22.8 Å². The average molecular weight is 604 g/mol. The fraction of sp³-hybridized carbons (Fsp3) is 0.321. The summed E-state index contributed by atoms with van der Waals surface area (Å²) in [6, 6.07) is 14.9. The van der Waals surface area contributed by atoms with Gasteiger partial charge in [-0.15, -0.1) is 0 Å². The Bertz CT molecular complexity index is 1510. The van der Waals surface area contributed by atoms with Gasteiger partial charge in [0.15, 0.2) is 0 Å². The van der Waals surface area contributed by atoms with E-state index in [0.29, 0.717) is 40.8 Å². The van der Waals surface area contributed by atoms with E-state index in [2.05, 4.69) is 21.0 Å². The number of aromatic nitrogens is 3. The van der Waals surface area contributed by atoms with Crippen molar-refractivity contribution < 1.29 is 18.0 Å². The molecule has 2 aromatic heterocycles. The van der Waals surface area contributed by atoms with Gasteiger partial charge in [0.05, 0.1) is 33.8 Å². The van der Waals surface area contributed by atoms with Crippen molar-refractivity contribution in [1.82, 2.24) is 19.1 Å². The molecule has 0 fully saturated rings. The van der Waals surface area contributed by atoms with Crippen LogP contribution in [0, 0.1) is 6.92 Å². The molecule has 0 saturated carbocycles. The number of benzene rings is 2. The molecule has 0 spiro atoms. The quantitative estimate of drug-likeness (QED) is 0.271. The van der Waals surface area contributed by atoms with Crippen LogP contribution in [-0.4, -0.2) is 38.1 Å². The monoisotopic (exact) mass is 603 g/mol. The van der Waals surface area contributed by atoms with Crippen molar-refractivity contribution in [2.75, 3.05) is 13.1 Å². The van der Waals surface area contributed by atoms with Crippen molar-refractivity contribution in [3.05, 3.63) is 104 Å². The van der Waals surface area contributed by atoms with Crippen LogP contribution in [0.5, 0.6) is 0 Å². The Labute approximate surface area is 232 Å². The van der Waals surface area contributed by atoms with Crippen LogP contribution < -0.4 is 11.4 Å². The van der Waals surface area contributed by atoms with Crippen LogP contribution in [0.15, 0.2) is 69.9 Å². The van der Waals surface area contributed by atoms with Crippen molar-refractivity contribution in [2.45, 2.75) is 45.5 Å². The van der Waals surface area contributed by atoms with Crippen LogP contribution in [-0.2, 0) is 12.7 Å². The highest BCUT2D eigenvalue weighted by Gasteiger charge is 2.32. The van der Waals surface area contributed by atoms with E-state index in [1.807, 2.05) is 43.3 Å². The summed E-state index contributed by atoms with van der Waals surface area (Å²) in [6.45, 7) is 4.52. The number of fused-ring (bicyclic) bond motifs is 1. The van der Waals surface area contributed by atoms with Crippen LogP contribution in [0.4, 0.5) is 13.2 Å². The van der Waals surface area contributed by atoms with Gasteiger partial charge in [-0.1, -0.05) is 37.3 Å². The van der Waals surface area contributed by atoms with E-state index >= 15 is 0 Å². The predicted octanol–water partition coefficient (Wildman–Crippen LogP) is 5.58. The normalized spacial score (nSPS) is 12.6. The molecule has 11 heteroatoms. The maximum absolute atomic E-state index is 13.8. The first-order valence-corrected chi connectivity index (χ1v) is 13.4. The number of hydrogen-bond donors (Lipinski definition) is 1. The maximum atomic E-state index is 13.8. The van der Waals surface area contributed by atoms with Gasteiger partial charge in [0.2, 0.25) is 0 Å². The Morgan fingerprint density at radius 2 is 1.79 bits per heavy atom. The van der Waals surface area contributed by atoms with Gasteiger partial charge in [-0.05, 0) is 78.1 Å². The molecular weight excluding hydrogens is 575 g/mol. The van der Waals surface area contributed by atoms with Crippen LogP contribution in [0.1, 0.15) is 58.7 Å². The molecule has 0 aliphatic carbocycles. The smallest absolute Gasteiger partial charge is 0.330 e. The van der Waals surface area contributed by atoms with Crippen molar-refractivity contribution in [1.29, 1.82) is 0 Å². The molecule has 2 N–H and O–H groups in total. The Balaban J connectivity index is 1.86. The lowest BCUT2D eigenvalue weighted by atomic mass is 10.0. The van der Waals surface area contributed by atoms with E-state index < -0.39 is 23.7 Å². The molecule has 7 nitrogen and oxygen atoms in total. The van der Waals surface area contributed by atoms with E-state index in [-0.39, 0.29) is 24.3 Å². The number of amides is 1. The van der Waals surface area contributed by atoms with E-state index in [0.717, 1.165) is 17.7 Å². The topological polar surface area (TPSA) is 85.6 Å². The van der Waals surface area contributed by atoms with Crippen molar-refractivity contribution >= 4 is 27.4 Å². The molecule has 4 aromatic rings. The van der Waals surface area contributed by atoms with Gasteiger partial charge in [-0.2, -0.15) is 22.8 Å². The van der Waals surface area contributed by atoms with E-state index in [1.165, 1.54) is 16.6 Å². The number of hydrogen-bond acceptors (Lipinski definition) is 4. The van der Waals surface area contributed by atoms with Crippen LogP contribution in [0.3, 0.4) is 0 Å². The van der Waals surface area contributed by atoms with Gasteiger partial charge in [0.1, 0.15) is 0 Å². The molecule has 39 heavy (non-hydrogen) atoms. The Morgan fingerprint density at radius 1 is 1.13 bits per heavy atom. The van der Waals surface area contributed by atoms with Gasteiger partial charge in [0, 0.05) is 17.8 Å². The molecule has 4 rings (SSSR count). The summed E-state index contributed by atoms with van der Waals surface area (Å²) in [5.74, 6) is -0.439. The lowest BCUT2D eigenvalue weighted by Crippen LogP contribution is -2.40. The van der Waals surface area contributed by atoms with E-state index in [1.54, 1.807) is 16.4 Å². The third kappa shape index (κ3) is 5.94. The van der Waals surface area contributed by atoms with Gasteiger partial charge in [-0.25, -0.2) is 4.79 Å². The molecule has 1 atom stereocenters. The number of aryl methyl sites for hydroxylation is 1. The summed E-state index contributed by atoms with van der Waals surface area (Å²) in [5, 5.41) is 4.39. The van der Waals surface area contributed by atoms with E-state index in [4.69, 9.17) is 5.73 Å². The standard InChI is InChI=1S/C28H29BrF3N5O2/c1-3-22(35(15-7-14-33)26(38)20-10-12-21(13-11-20)28(30,31)32)23-16-24-25(29)18(2)34-37(24)27(39)36(23)17-19-8-5-4-6-9-19/h4-6,8-13,16,22H,3,7,14-15,17,33H2,1-2H3. The first kappa shape index (κ1) is 28.6. The summed E-state index contributed by atoms with van der Waals surface area (Å²) in [4.78, 5) is 29.1. The number of carbonyl (C=O) groups excluding carboxylic acids is 1.